The number of likely N-dealkylation sites (tertiary alicyclic amines) is 1. The summed E-state index contributed by atoms with van der Waals surface area (Å²) in [5.41, 5.74) is -1.37. The quantitative estimate of drug-likeness (QED) is 0.795. The minimum absolute atomic E-state index is 0.00109. The van der Waals surface area contributed by atoms with Gasteiger partial charge in [0.05, 0.1) is 12.7 Å². The number of nitrogens with zero attached hydrogens (tertiary/aromatic N) is 1. The highest BCUT2D eigenvalue weighted by atomic mass is 19.4. The van der Waals surface area contributed by atoms with Gasteiger partial charge in [0.25, 0.3) is 5.56 Å². The lowest BCUT2D eigenvalue weighted by atomic mass is 9.86. The monoisotopic (exact) mass is 402 g/mol. The highest BCUT2D eigenvalue weighted by Gasteiger charge is 2.36. The molecule has 2 atom stereocenters. The fraction of sp³-hybridized carbons (Fsp3) is 0.444. The first-order chi connectivity index (χ1) is 13.2. The number of aromatic amines is 1. The number of benzene rings is 1. The Kier molecular flexibility index (Phi) is 5.48. The Balaban J connectivity index is 1.87. The van der Waals surface area contributed by atoms with Gasteiger partial charge in [-0.05, 0) is 43.0 Å². The van der Waals surface area contributed by atoms with E-state index in [1.807, 2.05) is 0 Å². The molecular formula is C18H18F4N2O4. The van der Waals surface area contributed by atoms with Gasteiger partial charge in [-0.15, -0.1) is 0 Å². The Morgan fingerprint density at radius 2 is 2.07 bits per heavy atom. The highest BCUT2D eigenvalue weighted by Crippen LogP contribution is 2.34. The normalized spacial score (nSPS) is 20.2. The van der Waals surface area contributed by atoms with E-state index in [1.165, 1.54) is 18.1 Å². The van der Waals surface area contributed by atoms with Gasteiger partial charge in [-0.1, -0.05) is 0 Å². The minimum Gasteiger partial charge on any atom is -0.453 e. The van der Waals surface area contributed by atoms with Crippen LogP contribution in [0, 0.1) is 5.82 Å². The lowest BCUT2D eigenvalue weighted by molar-refractivity contribution is -0.137. The van der Waals surface area contributed by atoms with Gasteiger partial charge >= 0.3 is 12.3 Å². The van der Waals surface area contributed by atoms with Crippen LogP contribution in [0.3, 0.4) is 0 Å². The van der Waals surface area contributed by atoms with Gasteiger partial charge in [-0.3, -0.25) is 4.79 Å². The highest BCUT2D eigenvalue weighted by molar-refractivity contribution is 5.68. The molecule has 0 bridgehead atoms. The maximum absolute atomic E-state index is 13.7. The zero-order valence-electron chi connectivity index (χ0n) is 14.9. The van der Waals surface area contributed by atoms with Crippen LogP contribution in [0.15, 0.2) is 33.6 Å². The summed E-state index contributed by atoms with van der Waals surface area (Å²) in [6.07, 6.45) is -4.48. The summed E-state index contributed by atoms with van der Waals surface area (Å²) in [4.78, 5) is 24.8. The van der Waals surface area contributed by atoms with Crippen molar-refractivity contribution in [2.75, 3.05) is 13.7 Å². The topological polar surface area (TPSA) is 75.5 Å². The van der Waals surface area contributed by atoms with Crippen molar-refractivity contribution in [2.24, 2.45) is 0 Å². The SMILES string of the molecule is COC(=O)N1CC[C@@H](c2cc(=O)[nH]o2)C[C@@H]1Cc1cc(F)cc(C(F)(F)F)c1. The number of nitrogens with one attached hydrogen (secondary N) is 1. The van der Waals surface area contributed by atoms with Gasteiger partial charge in [-0.25, -0.2) is 9.18 Å². The summed E-state index contributed by atoms with van der Waals surface area (Å²) in [7, 11) is 1.21. The molecule has 0 aliphatic carbocycles. The molecule has 1 saturated heterocycles. The van der Waals surface area contributed by atoms with Crippen molar-refractivity contribution in [1.82, 2.24) is 10.1 Å². The number of piperidine rings is 1. The van der Waals surface area contributed by atoms with Crippen molar-refractivity contribution in [1.29, 1.82) is 0 Å². The van der Waals surface area contributed by atoms with Crippen molar-refractivity contribution < 1.29 is 31.6 Å². The number of aromatic nitrogens is 1. The first kappa shape index (κ1) is 20.0. The third kappa shape index (κ3) is 4.37. The number of rotatable bonds is 3. The molecule has 2 heterocycles. The Morgan fingerprint density at radius 3 is 2.68 bits per heavy atom. The molecule has 0 radical (unpaired) electrons. The van der Waals surface area contributed by atoms with Crippen molar-refractivity contribution in [3.63, 3.8) is 0 Å². The number of carbonyl (C=O) groups is 1. The smallest absolute Gasteiger partial charge is 0.416 e. The molecule has 6 nitrogen and oxygen atoms in total. The number of hydrogen-bond acceptors (Lipinski definition) is 4. The summed E-state index contributed by atoms with van der Waals surface area (Å²) < 4.78 is 62.5. The number of alkyl halides is 3. The van der Waals surface area contributed by atoms with Crippen LogP contribution < -0.4 is 5.56 Å². The van der Waals surface area contributed by atoms with E-state index in [9.17, 15) is 27.2 Å². The molecule has 3 rings (SSSR count). The lowest BCUT2D eigenvalue weighted by Crippen LogP contribution is -2.46. The minimum atomic E-state index is -4.68. The number of methoxy groups -OCH3 is 1. The molecule has 1 N–H and O–H groups in total. The van der Waals surface area contributed by atoms with E-state index in [1.54, 1.807) is 0 Å². The zero-order chi connectivity index (χ0) is 20.5. The van der Waals surface area contributed by atoms with Crippen LogP contribution in [0.5, 0.6) is 0 Å². The summed E-state index contributed by atoms with van der Waals surface area (Å²) in [5.74, 6) is -0.798. The van der Waals surface area contributed by atoms with E-state index in [-0.39, 0.29) is 24.4 Å². The van der Waals surface area contributed by atoms with E-state index in [0.29, 0.717) is 24.7 Å². The average Bonchev–Trinajstić information content (AvgIpc) is 3.06. The first-order valence-corrected chi connectivity index (χ1v) is 8.57. The second-order valence-electron chi connectivity index (χ2n) is 6.70. The second-order valence-corrected chi connectivity index (χ2v) is 6.70. The third-order valence-electron chi connectivity index (χ3n) is 4.83. The van der Waals surface area contributed by atoms with Crippen LogP contribution in [0.4, 0.5) is 22.4 Å². The van der Waals surface area contributed by atoms with Crippen molar-refractivity contribution in [3.8, 4) is 0 Å². The largest absolute Gasteiger partial charge is 0.453 e. The standard InChI is InChI=1S/C18H18F4N2O4/c1-27-17(26)24-3-2-11(15-9-16(25)23-28-15)7-14(24)6-10-4-12(18(20,21)22)8-13(19)5-10/h4-5,8-9,11,14H,2-3,6-7H2,1H3,(H,23,25)/t11-,14+/m1/s1. The molecule has 1 amide bonds. The molecule has 152 valence electrons. The van der Waals surface area contributed by atoms with E-state index in [0.717, 1.165) is 12.1 Å². The van der Waals surface area contributed by atoms with Crippen LogP contribution in [0.2, 0.25) is 0 Å². The van der Waals surface area contributed by atoms with Crippen LogP contribution in [0.1, 0.15) is 35.6 Å². The van der Waals surface area contributed by atoms with Gasteiger partial charge < -0.3 is 14.2 Å². The predicted molar refractivity (Wildman–Crippen MR) is 89.3 cm³/mol. The molecule has 0 spiro atoms. The Morgan fingerprint density at radius 1 is 1.32 bits per heavy atom. The molecule has 1 aromatic carbocycles. The summed E-state index contributed by atoms with van der Waals surface area (Å²) in [5, 5.41) is 2.20. The number of H-pyrrole nitrogens is 1. The molecule has 1 fully saturated rings. The number of amides is 1. The molecule has 1 aliphatic rings. The van der Waals surface area contributed by atoms with E-state index in [4.69, 9.17) is 9.26 Å². The number of carbonyl (C=O) groups excluding carboxylic acids is 1. The van der Waals surface area contributed by atoms with Crippen molar-refractivity contribution in [3.05, 3.63) is 57.3 Å². The van der Waals surface area contributed by atoms with Crippen molar-refractivity contribution >= 4 is 6.09 Å². The molecule has 1 aromatic heterocycles. The molecule has 1 aliphatic heterocycles. The molecule has 28 heavy (non-hydrogen) atoms. The van der Waals surface area contributed by atoms with Crippen LogP contribution >= 0.6 is 0 Å². The fourth-order valence-corrected chi connectivity index (χ4v) is 3.56. The van der Waals surface area contributed by atoms with E-state index >= 15 is 0 Å². The fourth-order valence-electron chi connectivity index (χ4n) is 3.56. The van der Waals surface area contributed by atoms with E-state index < -0.39 is 35.3 Å². The van der Waals surface area contributed by atoms with Gasteiger partial charge in [0, 0.05) is 24.6 Å². The molecular weight excluding hydrogens is 384 g/mol. The number of halogens is 4. The van der Waals surface area contributed by atoms with Gasteiger partial charge in [0.1, 0.15) is 11.6 Å². The van der Waals surface area contributed by atoms with Crippen LogP contribution in [-0.2, 0) is 17.3 Å². The summed E-state index contributed by atoms with van der Waals surface area (Å²) in [6, 6.07) is 3.08. The number of hydrogen-bond donors (Lipinski definition) is 1. The lowest BCUT2D eigenvalue weighted by Gasteiger charge is -2.38. The summed E-state index contributed by atoms with van der Waals surface area (Å²) >= 11 is 0. The average molecular weight is 402 g/mol. The van der Waals surface area contributed by atoms with Crippen LogP contribution in [-0.4, -0.2) is 35.8 Å². The Labute approximate surface area is 157 Å². The second kappa shape index (κ2) is 7.69. The molecule has 10 heteroatoms. The third-order valence-corrected chi connectivity index (χ3v) is 4.83. The van der Waals surface area contributed by atoms with E-state index in [2.05, 4.69) is 5.16 Å². The maximum Gasteiger partial charge on any atom is 0.416 e. The maximum atomic E-state index is 13.7. The van der Waals surface area contributed by atoms with Gasteiger partial charge in [-0.2, -0.15) is 18.3 Å². The molecule has 0 saturated carbocycles. The zero-order valence-corrected chi connectivity index (χ0v) is 14.9. The van der Waals surface area contributed by atoms with Gasteiger partial charge in [0.15, 0.2) is 0 Å². The van der Waals surface area contributed by atoms with Crippen LogP contribution in [0.25, 0.3) is 0 Å². The Hall–Kier alpha value is -2.78. The molecule has 2 aromatic rings. The molecule has 0 unspecified atom stereocenters. The predicted octanol–water partition coefficient (Wildman–Crippen LogP) is 3.68. The van der Waals surface area contributed by atoms with Gasteiger partial charge in [0.2, 0.25) is 0 Å². The van der Waals surface area contributed by atoms with Crippen molar-refractivity contribution in [2.45, 2.75) is 37.4 Å². The Bertz CT molecular complexity index is 905. The number of ether oxygens (including phenoxy) is 1. The first-order valence-electron chi connectivity index (χ1n) is 8.57. The summed E-state index contributed by atoms with van der Waals surface area (Å²) in [6.45, 7) is 0.262.